The zero-order valence-corrected chi connectivity index (χ0v) is 20.9. The number of aromatic nitrogens is 2. The number of nitroso groups, excluding NO2 is 1. The molecule has 198 valence electrons. The number of nitrogens with two attached hydrogens (primary N) is 1. The molecule has 1 saturated carbocycles. The smallest absolute Gasteiger partial charge is 0.271 e. The minimum Gasteiger partial charge on any atom is -0.495 e. The van der Waals surface area contributed by atoms with E-state index in [0.29, 0.717) is 19.0 Å². The second-order valence-electron chi connectivity index (χ2n) is 9.68. The van der Waals surface area contributed by atoms with Crippen molar-refractivity contribution in [2.45, 2.75) is 56.4 Å². The molecule has 0 unspecified atom stereocenters. The van der Waals surface area contributed by atoms with Gasteiger partial charge in [0.25, 0.3) is 5.91 Å². The molecule has 2 aromatic rings. The first-order chi connectivity index (χ1) is 18.0. The molecule has 1 spiro atoms. The Bertz CT molecular complexity index is 1120. The number of ether oxygens (including phenoxy) is 3. The number of methoxy groups -OCH3 is 1. The van der Waals surface area contributed by atoms with Crippen LogP contribution in [-0.4, -0.2) is 67.2 Å². The second kappa shape index (κ2) is 10.9. The number of piperidine rings is 1. The summed E-state index contributed by atoms with van der Waals surface area (Å²) < 4.78 is 17.4. The lowest BCUT2D eigenvalue weighted by Crippen LogP contribution is -2.45. The summed E-state index contributed by atoms with van der Waals surface area (Å²) in [5, 5.41) is 9.75. The molecule has 0 atom stereocenters. The number of anilines is 4. The number of amides is 1. The molecule has 0 bridgehead atoms. The van der Waals surface area contributed by atoms with Gasteiger partial charge in [0.1, 0.15) is 11.6 Å². The Kier molecular flexibility index (Phi) is 7.38. The van der Waals surface area contributed by atoms with Gasteiger partial charge in [-0.2, -0.15) is 4.91 Å². The number of hydrogen-bond acceptors (Lipinski definition) is 11. The predicted molar refractivity (Wildman–Crippen MR) is 138 cm³/mol. The summed E-state index contributed by atoms with van der Waals surface area (Å²) in [6, 6.07) is 5.74. The standard InChI is InChI=1S/C25H33N7O5/c1-35-20-7-6-18(14-19(20)32-10-8-25(9-11-32)36-12-13-37-25)29-24-22(23(26)33)27-15-21(30-24)28-16-2-4-17(31-34)5-3-16/h6-7,14-17H,2-5,8-13H2,1H3,(H2,26,33)(H2,28,29,30). The molecule has 3 heterocycles. The van der Waals surface area contributed by atoms with E-state index in [0.717, 1.165) is 68.7 Å². The van der Waals surface area contributed by atoms with Crippen molar-refractivity contribution in [2.75, 3.05) is 48.9 Å². The minimum atomic E-state index is -0.675. The zero-order valence-electron chi connectivity index (χ0n) is 20.9. The number of benzene rings is 1. The Labute approximate surface area is 215 Å². The fraction of sp³-hybridized carbons (Fsp3) is 0.560. The molecule has 4 N–H and O–H groups in total. The topological polar surface area (TPSA) is 153 Å². The van der Waals surface area contributed by atoms with Crippen molar-refractivity contribution in [2.24, 2.45) is 10.9 Å². The lowest BCUT2D eigenvalue weighted by molar-refractivity contribution is -0.169. The Hall–Kier alpha value is -3.51. The number of primary amides is 1. The third kappa shape index (κ3) is 5.59. The quantitative estimate of drug-likeness (QED) is 0.450. The van der Waals surface area contributed by atoms with Gasteiger partial charge >= 0.3 is 0 Å². The van der Waals surface area contributed by atoms with E-state index in [1.165, 1.54) is 6.20 Å². The molecule has 1 aliphatic carbocycles. The van der Waals surface area contributed by atoms with Crippen LogP contribution >= 0.6 is 0 Å². The number of carbonyl (C=O) groups is 1. The fourth-order valence-electron chi connectivity index (χ4n) is 5.29. The maximum absolute atomic E-state index is 12.1. The molecule has 5 rings (SSSR count). The summed E-state index contributed by atoms with van der Waals surface area (Å²) in [7, 11) is 1.64. The highest BCUT2D eigenvalue weighted by Crippen LogP contribution is 2.38. The van der Waals surface area contributed by atoms with E-state index in [2.05, 4.69) is 30.7 Å². The lowest BCUT2D eigenvalue weighted by Gasteiger charge is -2.39. The van der Waals surface area contributed by atoms with Crippen LogP contribution in [0.2, 0.25) is 0 Å². The van der Waals surface area contributed by atoms with Gasteiger partial charge < -0.3 is 35.5 Å². The molecular formula is C25H33N7O5. The summed E-state index contributed by atoms with van der Waals surface area (Å²) in [6.07, 6.45) is 6.15. The predicted octanol–water partition coefficient (Wildman–Crippen LogP) is 3.16. The Balaban J connectivity index is 1.33. The summed E-state index contributed by atoms with van der Waals surface area (Å²) in [6.45, 7) is 2.79. The molecule has 2 aliphatic heterocycles. The molecule has 3 aliphatic rings. The molecule has 1 amide bonds. The normalized spacial score (nSPS) is 23.0. The van der Waals surface area contributed by atoms with Gasteiger partial charge in [0, 0.05) is 37.7 Å². The number of hydrogen-bond donors (Lipinski definition) is 3. The summed E-state index contributed by atoms with van der Waals surface area (Å²) >= 11 is 0. The van der Waals surface area contributed by atoms with Crippen LogP contribution < -0.4 is 26.0 Å². The fourth-order valence-corrected chi connectivity index (χ4v) is 5.29. The first kappa shape index (κ1) is 25.2. The highest BCUT2D eigenvalue weighted by molar-refractivity contribution is 5.96. The van der Waals surface area contributed by atoms with Crippen LogP contribution in [-0.2, 0) is 9.47 Å². The monoisotopic (exact) mass is 511 g/mol. The van der Waals surface area contributed by atoms with Crippen LogP contribution in [0.1, 0.15) is 49.0 Å². The van der Waals surface area contributed by atoms with Crippen LogP contribution in [0.5, 0.6) is 5.75 Å². The Morgan fingerprint density at radius 3 is 2.57 bits per heavy atom. The highest BCUT2D eigenvalue weighted by atomic mass is 16.7. The third-order valence-electron chi connectivity index (χ3n) is 7.32. The van der Waals surface area contributed by atoms with E-state index < -0.39 is 11.7 Å². The number of rotatable bonds is 8. The van der Waals surface area contributed by atoms with Crippen molar-refractivity contribution in [3.05, 3.63) is 35.0 Å². The molecule has 3 fully saturated rings. The molecular weight excluding hydrogens is 478 g/mol. The molecule has 1 aromatic heterocycles. The van der Waals surface area contributed by atoms with Gasteiger partial charge in [-0.05, 0) is 43.9 Å². The first-order valence-electron chi connectivity index (χ1n) is 12.7. The summed E-state index contributed by atoms with van der Waals surface area (Å²) in [5.41, 5.74) is 7.28. The molecule has 37 heavy (non-hydrogen) atoms. The highest BCUT2D eigenvalue weighted by Gasteiger charge is 2.40. The molecule has 12 heteroatoms. The number of carbonyl (C=O) groups excluding carboxylic acids is 1. The first-order valence-corrected chi connectivity index (χ1v) is 12.7. The Morgan fingerprint density at radius 1 is 1.19 bits per heavy atom. The van der Waals surface area contributed by atoms with E-state index in [4.69, 9.17) is 19.9 Å². The van der Waals surface area contributed by atoms with Crippen LogP contribution in [0.4, 0.5) is 23.0 Å². The summed E-state index contributed by atoms with van der Waals surface area (Å²) in [5.74, 6) is 0.392. The molecule has 2 saturated heterocycles. The van der Waals surface area contributed by atoms with Crippen molar-refractivity contribution in [1.82, 2.24) is 9.97 Å². The maximum Gasteiger partial charge on any atom is 0.271 e. The second-order valence-corrected chi connectivity index (χ2v) is 9.68. The maximum atomic E-state index is 12.1. The van der Waals surface area contributed by atoms with Crippen molar-refractivity contribution in [1.29, 1.82) is 0 Å². The lowest BCUT2D eigenvalue weighted by atomic mass is 9.92. The van der Waals surface area contributed by atoms with E-state index >= 15 is 0 Å². The van der Waals surface area contributed by atoms with Gasteiger partial charge in [-0.3, -0.25) is 4.79 Å². The number of nitrogens with one attached hydrogen (secondary N) is 2. The van der Waals surface area contributed by atoms with Crippen LogP contribution in [0.25, 0.3) is 0 Å². The van der Waals surface area contributed by atoms with Crippen LogP contribution in [0, 0.1) is 4.91 Å². The Morgan fingerprint density at radius 2 is 1.92 bits per heavy atom. The van der Waals surface area contributed by atoms with E-state index in [9.17, 15) is 9.70 Å². The van der Waals surface area contributed by atoms with Gasteiger partial charge in [0.2, 0.25) is 0 Å². The van der Waals surface area contributed by atoms with Gasteiger partial charge in [0.15, 0.2) is 17.3 Å². The van der Waals surface area contributed by atoms with E-state index in [-0.39, 0.29) is 23.6 Å². The average molecular weight is 512 g/mol. The van der Waals surface area contributed by atoms with E-state index in [1.54, 1.807) is 7.11 Å². The van der Waals surface area contributed by atoms with E-state index in [1.807, 2.05) is 18.2 Å². The van der Waals surface area contributed by atoms with Crippen LogP contribution in [0.3, 0.4) is 0 Å². The van der Waals surface area contributed by atoms with Gasteiger partial charge in [-0.25, -0.2) is 9.97 Å². The van der Waals surface area contributed by atoms with Gasteiger partial charge in [0.05, 0.1) is 38.2 Å². The summed E-state index contributed by atoms with van der Waals surface area (Å²) in [4.78, 5) is 34.0. The minimum absolute atomic E-state index is 0.0484. The van der Waals surface area contributed by atoms with Crippen molar-refractivity contribution < 1.29 is 19.0 Å². The number of nitrogens with zero attached hydrogens (tertiary/aromatic N) is 4. The molecule has 12 nitrogen and oxygen atoms in total. The SMILES string of the molecule is COc1ccc(Nc2nc(NC3CCC(N=O)CC3)cnc2C(N)=O)cc1N1CCC2(CC1)OCCO2. The zero-order chi connectivity index (χ0) is 25.8. The average Bonchev–Trinajstić information content (AvgIpc) is 3.37. The third-order valence-corrected chi connectivity index (χ3v) is 7.32. The molecule has 1 aromatic carbocycles. The largest absolute Gasteiger partial charge is 0.495 e. The van der Waals surface area contributed by atoms with Gasteiger partial charge in [-0.15, -0.1) is 0 Å². The molecule has 0 radical (unpaired) electrons. The van der Waals surface area contributed by atoms with Gasteiger partial charge in [-0.1, -0.05) is 5.18 Å². The van der Waals surface area contributed by atoms with Crippen LogP contribution in [0.15, 0.2) is 29.6 Å². The van der Waals surface area contributed by atoms with Crippen molar-refractivity contribution in [3.63, 3.8) is 0 Å². The van der Waals surface area contributed by atoms with Crippen molar-refractivity contribution in [3.8, 4) is 5.75 Å². The van der Waals surface area contributed by atoms with Crippen molar-refractivity contribution >= 4 is 28.9 Å².